The molecule has 0 saturated carbocycles. The smallest absolute Gasteiger partial charge is 0.384 e. The van der Waals surface area contributed by atoms with Crippen LogP contribution in [0.15, 0.2) is 18.2 Å². The van der Waals surface area contributed by atoms with Gasteiger partial charge in [-0.3, -0.25) is 10.6 Å². The Morgan fingerprint density at radius 2 is 2.10 bits per heavy atom. The molecule has 0 aliphatic carbocycles. The van der Waals surface area contributed by atoms with Crippen molar-refractivity contribution in [3.05, 3.63) is 29.3 Å². The summed E-state index contributed by atoms with van der Waals surface area (Å²) in [6.07, 6.45) is -4.60. The van der Waals surface area contributed by atoms with E-state index >= 15 is 0 Å². The first kappa shape index (κ1) is 17.3. The van der Waals surface area contributed by atoms with Crippen LogP contribution in [0, 0.1) is 5.92 Å². The number of amides is 1. The summed E-state index contributed by atoms with van der Waals surface area (Å²) >= 11 is 0. The molecule has 4 N–H and O–H groups in total. The summed E-state index contributed by atoms with van der Waals surface area (Å²) in [6.45, 7) is 2.57. The average Bonchev–Trinajstić information content (AvgIpc) is 2.43. The van der Waals surface area contributed by atoms with Gasteiger partial charge in [0.05, 0.1) is 23.4 Å². The summed E-state index contributed by atoms with van der Waals surface area (Å²) in [5.41, 5.74) is 0.377. The number of benzene rings is 1. The molecule has 0 fully saturated rings. The fourth-order valence-corrected chi connectivity index (χ4v) is 1.84. The summed E-state index contributed by atoms with van der Waals surface area (Å²) in [7, 11) is 1.53. The summed E-state index contributed by atoms with van der Waals surface area (Å²) in [5.74, 6) is 4.55. The van der Waals surface area contributed by atoms with Gasteiger partial charge in [0.2, 0.25) is 0 Å². The average molecular weight is 305 g/mol. The molecular formula is C13H18F3N3O2. The van der Waals surface area contributed by atoms with Crippen molar-refractivity contribution in [1.82, 2.24) is 5.32 Å². The Morgan fingerprint density at radius 1 is 1.43 bits per heavy atom. The van der Waals surface area contributed by atoms with Crippen LogP contribution in [-0.4, -0.2) is 26.2 Å². The van der Waals surface area contributed by atoms with E-state index in [2.05, 4.69) is 5.32 Å². The summed E-state index contributed by atoms with van der Waals surface area (Å²) < 4.78 is 43.5. The van der Waals surface area contributed by atoms with Gasteiger partial charge in [-0.25, -0.2) is 0 Å². The number of methoxy groups -OCH3 is 1. The van der Waals surface area contributed by atoms with E-state index < -0.39 is 23.3 Å². The molecule has 118 valence electrons. The lowest BCUT2D eigenvalue weighted by atomic mass is 10.1. The van der Waals surface area contributed by atoms with E-state index in [1.165, 1.54) is 13.2 Å². The van der Waals surface area contributed by atoms with E-state index in [1.54, 1.807) is 0 Å². The third-order valence-corrected chi connectivity index (χ3v) is 2.82. The van der Waals surface area contributed by atoms with Crippen molar-refractivity contribution in [2.45, 2.75) is 13.1 Å². The van der Waals surface area contributed by atoms with Crippen LogP contribution in [0.25, 0.3) is 0 Å². The van der Waals surface area contributed by atoms with Crippen LogP contribution in [0.4, 0.5) is 18.9 Å². The minimum Gasteiger partial charge on any atom is -0.384 e. The molecular weight excluding hydrogens is 287 g/mol. The van der Waals surface area contributed by atoms with E-state index in [4.69, 9.17) is 10.6 Å². The van der Waals surface area contributed by atoms with Gasteiger partial charge < -0.3 is 15.5 Å². The number of carbonyl (C=O) groups is 1. The van der Waals surface area contributed by atoms with E-state index in [-0.39, 0.29) is 18.0 Å². The van der Waals surface area contributed by atoms with Gasteiger partial charge in [-0.1, -0.05) is 13.0 Å². The minimum atomic E-state index is -4.60. The first-order valence-electron chi connectivity index (χ1n) is 6.25. The maximum Gasteiger partial charge on any atom is 0.418 e. The van der Waals surface area contributed by atoms with Gasteiger partial charge in [0.15, 0.2) is 0 Å². The predicted molar refractivity (Wildman–Crippen MR) is 72.6 cm³/mol. The zero-order valence-electron chi connectivity index (χ0n) is 11.8. The van der Waals surface area contributed by atoms with Gasteiger partial charge in [0.1, 0.15) is 0 Å². The third-order valence-electron chi connectivity index (χ3n) is 2.82. The van der Waals surface area contributed by atoms with Crippen LogP contribution in [-0.2, 0) is 10.9 Å². The molecule has 1 atom stereocenters. The van der Waals surface area contributed by atoms with Crippen LogP contribution < -0.4 is 16.6 Å². The summed E-state index contributed by atoms with van der Waals surface area (Å²) in [4.78, 5) is 12.0. The summed E-state index contributed by atoms with van der Waals surface area (Å²) in [5, 5.41) is 2.56. The maximum absolute atomic E-state index is 12.8. The normalized spacial score (nSPS) is 12.9. The number of alkyl halides is 3. The van der Waals surface area contributed by atoms with Crippen LogP contribution in [0.1, 0.15) is 22.8 Å². The van der Waals surface area contributed by atoms with Gasteiger partial charge >= 0.3 is 6.18 Å². The lowest BCUT2D eigenvalue weighted by Crippen LogP contribution is -2.31. The Labute approximate surface area is 120 Å². The molecule has 8 heteroatoms. The van der Waals surface area contributed by atoms with Crippen LogP contribution in [0.2, 0.25) is 0 Å². The number of carbonyl (C=O) groups excluding carboxylic acids is 1. The summed E-state index contributed by atoms with van der Waals surface area (Å²) in [6, 6.07) is 3.30. The topological polar surface area (TPSA) is 76.4 Å². The number of nitrogen functional groups attached to an aromatic ring is 1. The molecule has 0 radical (unpaired) electrons. The van der Waals surface area contributed by atoms with E-state index in [1.807, 2.05) is 12.3 Å². The highest BCUT2D eigenvalue weighted by Gasteiger charge is 2.35. The van der Waals surface area contributed by atoms with Gasteiger partial charge in [-0.05, 0) is 18.1 Å². The van der Waals surface area contributed by atoms with Crippen molar-refractivity contribution in [3.8, 4) is 0 Å². The molecule has 0 heterocycles. The molecule has 1 amide bonds. The molecule has 1 aromatic rings. The molecule has 21 heavy (non-hydrogen) atoms. The number of anilines is 1. The van der Waals surface area contributed by atoms with Gasteiger partial charge in [-0.2, -0.15) is 13.2 Å². The SMILES string of the molecule is COCC(C)CNC(=O)c1cccc(C(F)(F)F)c1NN. The quantitative estimate of drug-likeness (QED) is 0.555. The fraction of sp³-hybridized carbons (Fsp3) is 0.462. The molecule has 0 bridgehead atoms. The van der Waals surface area contributed by atoms with Gasteiger partial charge in [0.25, 0.3) is 5.91 Å². The second-order valence-corrected chi connectivity index (χ2v) is 4.64. The second kappa shape index (κ2) is 7.28. The Kier molecular flexibility index (Phi) is 5.98. The number of hydrazine groups is 1. The number of nitrogens with one attached hydrogen (secondary N) is 2. The Balaban J connectivity index is 2.95. The monoisotopic (exact) mass is 305 g/mol. The van der Waals surface area contributed by atoms with Crippen molar-refractivity contribution < 1.29 is 22.7 Å². The molecule has 0 aromatic heterocycles. The number of ether oxygens (including phenoxy) is 1. The van der Waals surface area contributed by atoms with E-state index in [0.29, 0.717) is 6.61 Å². The second-order valence-electron chi connectivity index (χ2n) is 4.64. The molecule has 1 unspecified atom stereocenters. The molecule has 1 rings (SSSR count). The number of halogens is 3. The predicted octanol–water partition coefficient (Wildman–Crippen LogP) is 2.00. The molecule has 1 aromatic carbocycles. The lowest BCUT2D eigenvalue weighted by Gasteiger charge is -2.17. The first-order valence-corrected chi connectivity index (χ1v) is 6.25. The highest BCUT2D eigenvalue weighted by molar-refractivity contribution is 6.00. The van der Waals surface area contributed by atoms with Gasteiger partial charge in [-0.15, -0.1) is 0 Å². The largest absolute Gasteiger partial charge is 0.418 e. The minimum absolute atomic E-state index is 0.0408. The zero-order valence-corrected chi connectivity index (χ0v) is 11.8. The number of rotatable bonds is 6. The number of para-hydroxylation sites is 1. The van der Waals surface area contributed by atoms with Crippen LogP contribution in [0.3, 0.4) is 0 Å². The van der Waals surface area contributed by atoms with Gasteiger partial charge in [0, 0.05) is 13.7 Å². The number of nitrogens with two attached hydrogens (primary N) is 1. The number of hydrogen-bond donors (Lipinski definition) is 3. The highest BCUT2D eigenvalue weighted by atomic mass is 19.4. The van der Waals surface area contributed by atoms with Crippen molar-refractivity contribution in [2.24, 2.45) is 11.8 Å². The third kappa shape index (κ3) is 4.61. The standard InChI is InChI=1S/C13H18F3N3O2/c1-8(7-21-2)6-18-12(20)9-4-3-5-10(11(9)19-17)13(14,15)16/h3-5,8,19H,6-7,17H2,1-2H3,(H,18,20). The van der Waals surface area contributed by atoms with Crippen molar-refractivity contribution >= 4 is 11.6 Å². The molecule has 0 aliphatic rings. The van der Waals surface area contributed by atoms with E-state index in [9.17, 15) is 18.0 Å². The first-order chi connectivity index (χ1) is 9.81. The van der Waals surface area contributed by atoms with Crippen LogP contribution in [0.5, 0.6) is 0 Å². The maximum atomic E-state index is 12.8. The van der Waals surface area contributed by atoms with E-state index in [0.717, 1.165) is 12.1 Å². The van der Waals surface area contributed by atoms with Crippen molar-refractivity contribution in [1.29, 1.82) is 0 Å². The number of hydrogen-bond acceptors (Lipinski definition) is 4. The molecule has 0 aliphatic heterocycles. The zero-order chi connectivity index (χ0) is 16.0. The van der Waals surface area contributed by atoms with Crippen molar-refractivity contribution in [2.75, 3.05) is 25.7 Å². The molecule has 0 spiro atoms. The molecule has 5 nitrogen and oxygen atoms in total. The Morgan fingerprint density at radius 3 is 2.62 bits per heavy atom. The Bertz CT molecular complexity index is 492. The van der Waals surface area contributed by atoms with Crippen LogP contribution >= 0.6 is 0 Å². The highest BCUT2D eigenvalue weighted by Crippen LogP contribution is 2.36. The lowest BCUT2D eigenvalue weighted by molar-refractivity contribution is -0.137. The van der Waals surface area contributed by atoms with Crippen molar-refractivity contribution in [3.63, 3.8) is 0 Å². The Hall–Kier alpha value is -1.80. The molecule has 0 saturated heterocycles. The fourth-order valence-electron chi connectivity index (χ4n) is 1.84.